The van der Waals surface area contributed by atoms with Gasteiger partial charge in [0.15, 0.2) is 0 Å². The summed E-state index contributed by atoms with van der Waals surface area (Å²) in [7, 11) is 0. The van der Waals surface area contributed by atoms with Gasteiger partial charge in [-0.05, 0) is 25.2 Å². The monoisotopic (exact) mass is 208 g/mol. The summed E-state index contributed by atoms with van der Waals surface area (Å²) in [5.41, 5.74) is 5.73. The van der Waals surface area contributed by atoms with Gasteiger partial charge in [-0.15, -0.1) is 0 Å². The van der Waals surface area contributed by atoms with Gasteiger partial charge in [-0.1, -0.05) is 25.5 Å². The zero-order chi connectivity index (χ0) is 10.8. The lowest BCUT2D eigenvalue weighted by molar-refractivity contribution is -0.124. The van der Waals surface area contributed by atoms with Crippen LogP contribution in [0.2, 0.25) is 0 Å². The number of carbonyl (C=O) groups is 1. The van der Waals surface area contributed by atoms with Crippen LogP contribution in [0.5, 0.6) is 0 Å². The predicted molar refractivity (Wildman–Crippen MR) is 60.2 cm³/mol. The molecule has 0 aliphatic heterocycles. The first-order chi connectivity index (χ1) is 7.16. The lowest BCUT2D eigenvalue weighted by Gasteiger charge is -2.19. The molecule has 0 aromatic rings. The fourth-order valence-electron chi connectivity index (χ4n) is 2.57. The Morgan fingerprint density at radius 3 is 2.73 bits per heavy atom. The Morgan fingerprint density at radius 2 is 2.20 bits per heavy atom. The van der Waals surface area contributed by atoms with Gasteiger partial charge in [0, 0.05) is 12.1 Å². The molecule has 2 rings (SSSR count). The van der Waals surface area contributed by atoms with E-state index in [-0.39, 0.29) is 17.9 Å². The first-order valence-corrected chi connectivity index (χ1v) is 5.91. The molecule has 0 bridgehead atoms. The van der Waals surface area contributed by atoms with Crippen molar-refractivity contribution in [2.24, 2.45) is 17.6 Å². The van der Waals surface area contributed by atoms with Crippen LogP contribution < -0.4 is 11.1 Å². The Labute approximate surface area is 91.1 Å². The molecule has 1 amide bonds. The normalized spacial score (nSPS) is 39.6. The Balaban J connectivity index is 1.84. The molecular formula is C12H20N2O. The number of nitrogens with one attached hydrogen (secondary N) is 1. The molecule has 4 unspecified atom stereocenters. The Morgan fingerprint density at radius 1 is 1.40 bits per heavy atom. The van der Waals surface area contributed by atoms with E-state index in [0.29, 0.717) is 12.0 Å². The molecular weight excluding hydrogens is 188 g/mol. The topological polar surface area (TPSA) is 55.1 Å². The van der Waals surface area contributed by atoms with E-state index in [2.05, 4.69) is 12.2 Å². The maximum atomic E-state index is 11.9. The standard InChI is InChI=1S/C12H20N2O/c1-8-3-2-4-11(8)14-12(15)9-5-6-10(13)7-9/h5-6,8-11H,2-4,7,13H2,1H3,(H,14,15). The molecule has 1 saturated carbocycles. The molecule has 4 atom stereocenters. The zero-order valence-electron chi connectivity index (χ0n) is 9.28. The van der Waals surface area contributed by atoms with Crippen molar-refractivity contribution in [3.63, 3.8) is 0 Å². The van der Waals surface area contributed by atoms with E-state index in [0.717, 1.165) is 12.8 Å². The van der Waals surface area contributed by atoms with E-state index >= 15 is 0 Å². The van der Waals surface area contributed by atoms with Crippen molar-refractivity contribution in [1.29, 1.82) is 0 Å². The summed E-state index contributed by atoms with van der Waals surface area (Å²) in [6, 6.07) is 0.462. The third-order valence-electron chi connectivity index (χ3n) is 3.64. The minimum atomic E-state index is 0.00722. The number of nitrogens with two attached hydrogens (primary N) is 1. The smallest absolute Gasteiger partial charge is 0.227 e. The second-order valence-corrected chi connectivity index (χ2v) is 4.91. The number of hydrogen-bond donors (Lipinski definition) is 2. The summed E-state index contributed by atoms with van der Waals surface area (Å²) >= 11 is 0. The second kappa shape index (κ2) is 4.35. The highest BCUT2D eigenvalue weighted by molar-refractivity contribution is 5.81. The van der Waals surface area contributed by atoms with Crippen molar-refractivity contribution < 1.29 is 4.79 Å². The SMILES string of the molecule is CC1CCCC1NC(=O)C1C=CC(N)C1. The average Bonchev–Trinajstić information content (AvgIpc) is 2.77. The molecule has 0 heterocycles. The molecule has 3 N–H and O–H groups in total. The highest BCUT2D eigenvalue weighted by Crippen LogP contribution is 2.26. The molecule has 3 heteroatoms. The number of rotatable bonds is 2. The molecule has 0 aromatic heterocycles. The van der Waals surface area contributed by atoms with Crippen LogP contribution in [0, 0.1) is 11.8 Å². The van der Waals surface area contributed by atoms with Gasteiger partial charge in [-0.2, -0.15) is 0 Å². The number of amides is 1. The molecule has 15 heavy (non-hydrogen) atoms. The van der Waals surface area contributed by atoms with Crippen molar-refractivity contribution >= 4 is 5.91 Å². The van der Waals surface area contributed by atoms with Crippen LogP contribution in [0.4, 0.5) is 0 Å². The maximum absolute atomic E-state index is 11.9. The molecule has 0 aromatic carbocycles. The first kappa shape index (κ1) is 10.7. The van der Waals surface area contributed by atoms with Gasteiger partial charge in [0.2, 0.25) is 5.91 Å². The lowest BCUT2D eigenvalue weighted by Crippen LogP contribution is -2.40. The van der Waals surface area contributed by atoms with Gasteiger partial charge in [-0.25, -0.2) is 0 Å². The summed E-state index contributed by atoms with van der Waals surface area (Å²) in [6.07, 6.45) is 8.27. The fourth-order valence-corrected chi connectivity index (χ4v) is 2.57. The highest BCUT2D eigenvalue weighted by Gasteiger charge is 2.28. The van der Waals surface area contributed by atoms with Crippen molar-refractivity contribution in [3.05, 3.63) is 12.2 Å². The summed E-state index contributed by atoms with van der Waals surface area (Å²) in [6.45, 7) is 2.22. The van der Waals surface area contributed by atoms with E-state index < -0.39 is 0 Å². The molecule has 84 valence electrons. The van der Waals surface area contributed by atoms with Crippen LogP contribution in [0.1, 0.15) is 32.6 Å². The van der Waals surface area contributed by atoms with Crippen LogP contribution in [0.25, 0.3) is 0 Å². The van der Waals surface area contributed by atoms with E-state index in [1.54, 1.807) is 0 Å². The van der Waals surface area contributed by atoms with Crippen molar-refractivity contribution in [1.82, 2.24) is 5.32 Å². The first-order valence-electron chi connectivity index (χ1n) is 5.91. The van der Waals surface area contributed by atoms with E-state index in [4.69, 9.17) is 5.73 Å². The van der Waals surface area contributed by atoms with Crippen molar-refractivity contribution in [2.45, 2.75) is 44.7 Å². The Kier molecular flexibility index (Phi) is 3.10. The fraction of sp³-hybridized carbons (Fsp3) is 0.750. The minimum absolute atomic E-state index is 0.00722. The lowest BCUT2D eigenvalue weighted by atomic mass is 10.0. The molecule has 0 spiro atoms. The minimum Gasteiger partial charge on any atom is -0.353 e. The van der Waals surface area contributed by atoms with Gasteiger partial charge in [0.25, 0.3) is 0 Å². The molecule has 0 radical (unpaired) electrons. The largest absolute Gasteiger partial charge is 0.353 e. The molecule has 1 fully saturated rings. The second-order valence-electron chi connectivity index (χ2n) is 4.91. The third kappa shape index (κ3) is 2.40. The summed E-state index contributed by atoms with van der Waals surface area (Å²) in [5, 5.41) is 3.15. The summed E-state index contributed by atoms with van der Waals surface area (Å²) in [4.78, 5) is 11.9. The molecule has 3 nitrogen and oxygen atoms in total. The Hall–Kier alpha value is -0.830. The molecule has 2 aliphatic carbocycles. The number of hydrogen-bond acceptors (Lipinski definition) is 2. The zero-order valence-corrected chi connectivity index (χ0v) is 9.28. The summed E-state index contributed by atoms with van der Waals surface area (Å²) in [5.74, 6) is 0.804. The van der Waals surface area contributed by atoms with Crippen molar-refractivity contribution in [2.75, 3.05) is 0 Å². The van der Waals surface area contributed by atoms with Crippen LogP contribution >= 0.6 is 0 Å². The van der Waals surface area contributed by atoms with Gasteiger partial charge < -0.3 is 11.1 Å². The van der Waals surface area contributed by atoms with Crippen LogP contribution in [-0.2, 0) is 4.79 Å². The molecule has 2 aliphatic rings. The van der Waals surface area contributed by atoms with Crippen LogP contribution in [-0.4, -0.2) is 18.0 Å². The quantitative estimate of drug-likeness (QED) is 0.670. The van der Waals surface area contributed by atoms with Crippen LogP contribution in [0.15, 0.2) is 12.2 Å². The van der Waals surface area contributed by atoms with Gasteiger partial charge >= 0.3 is 0 Å². The van der Waals surface area contributed by atoms with E-state index in [9.17, 15) is 4.79 Å². The maximum Gasteiger partial charge on any atom is 0.227 e. The third-order valence-corrected chi connectivity index (χ3v) is 3.64. The van der Waals surface area contributed by atoms with Gasteiger partial charge in [-0.3, -0.25) is 4.79 Å². The van der Waals surface area contributed by atoms with Crippen LogP contribution in [0.3, 0.4) is 0 Å². The summed E-state index contributed by atoms with van der Waals surface area (Å²) < 4.78 is 0. The van der Waals surface area contributed by atoms with E-state index in [1.807, 2.05) is 12.2 Å². The number of carbonyl (C=O) groups excluding carboxylic acids is 1. The van der Waals surface area contributed by atoms with Gasteiger partial charge in [0.05, 0.1) is 5.92 Å². The highest BCUT2D eigenvalue weighted by atomic mass is 16.1. The molecule has 0 saturated heterocycles. The van der Waals surface area contributed by atoms with Crippen molar-refractivity contribution in [3.8, 4) is 0 Å². The Bertz CT molecular complexity index is 275. The van der Waals surface area contributed by atoms with E-state index in [1.165, 1.54) is 12.8 Å². The predicted octanol–water partition coefficient (Wildman–Crippen LogP) is 1.19. The van der Waals surface area contributed by atoms with Gasteiger partial charge in [0.1, 0.15) is 0 Å². The average molecular weight is 208 g/mol.